The highest BCUT2D eigenvalue weighted by atomic mass is 16.5. The van der Waals surface area contributed by atoms with Crippen molar-refractivity contribution in [2.75, 3.05) is 0 Å². The number of ether oxygens (including phenoxy) is 1. The van der Waals surface area contributed by atoms with Crippen LogP contribution in [-0.4, -0.2) is 17.9 Å². The third-order valence-corrected chi connectivity index (χ3v) is 6.31. The Morgan fingerprint density at radius 3 is 2.00 bits per heavy atom. The molecule has 4 rings (SSSR count). The zero-order valence-electron chi connectivity index (χ0n) is 13.5. The molecule has 0 amide bonds. The molecule has 0 aliphatic heterocycles. The van der Waals surface area contributed by atoms with Crippen molar-refractivity contribution in [3.05, 3.63) is 0 Å². The van der Waals surface area contributed by atoms with Gasteiger partial charge in [-0.25, -0.2) is 0 Å². The highest BCUT2D eigenvalue weighted by Gasteiger charge is 2.48. The summed E-state index contributed by atoms with van der Waals surface area (Å²) in [6.07, 6.45) is 8.03. The fraction of sp³-hybridized carbons (Fsp3) is 0.889. The van der Waals surface area contributed by atoms with Crippen LogP contribution in [0, 0.1) is 35.5 Å². The number of hydrogen-bond acceptors (Lipinski definition) is 3. The Labute approximate surface area is 127 Å². The molecule has 21 heavy (non-hydrogen) atoms. The zero-order chi connectivity index (χ0) is 15.1. The van der Waals surface area contributed by atoms with Crippen molar-refractivity contribution in [1.82, 2.24) is 0 Å². The smallest absolute Gasteiger partial charge is 0.316 e. The maximum atomic E-state index is 11.9. The van der Waals surface area contributed by atoms with Crippen LogP contribution >= 0.6 is 0 Å². The molecule has 0 radical (unpaired) electrons. The van der Waals surface area contributed by atoms with E-state index in [2.05, 4.69) is 0 Å². The summed E-state index contributed by atoms with van der Waals surface area (Å²) in [4.78, 5) is 23.2. The number of esters is 1. The first kappa shape index (κ1) is 15.1. The molecule has 0 heterocycles. The van der Waals surface area contributed by atoms with Crippen LogP contribution in [0.15, 0.2) is 0 Å². The van der Waals surface area contributed by atoms with E-state index in [0.29, 0.717) is 0 Å². The second kappa shape index (κ2) is 5.73. The van der Waals surface area contributed by atoms with Crippen LogP contribution in [0.5, 0.6) is 0 Å². The molecule has 118 valence electrons. The maximum absolute atomic E-state index is 11.9. The molecule has 0 N–H and O–H groups in total. The van der Waals surface area contributed by atoms with E-state index in [1.54, 1.807) is 6.92 Å². The molecule has 0 saturated heterocycles. The predicted molar refractivity (Wildman–Crippen MR) is 80.6 cm³/mol. The van der Waals surface area contributed by atoms with Crippen molar-refractivity contribution < 1.29 is 14.3 Å². The van der Waals surface area contributed by atoms with Gasteiger partial charge in [0.1, 0.15) is 11.7 Å². The van der Waals surface area contributed by atoms with E-state index >= 15 is 0 Å². The van der Waals surface area contributed by atoms with Crippen molar-refractivity contribution in [2.24, 2.45) is 35.5 Å². The standard InChI is InChI=1S/C18H28O3/c1-10(21-18(20)11(2)12(3)19)4-17-15-6-13-5-14(8-15)9-16(17)7-13/h10-11,13-17H,4-9H2,1-3H3. The number of Topliss-reactive ketones (excluding diaryl/α,β-unsaturated/α-hetero) is 1. The topological polar surface area (TPSA) is 43.4 Å². The first-order valence-electron chi connectivity index (χ1n) is 8.65. The lowest BCUT2D eigenvalue weighted by Crippen LogP contribution is -2.46. The summed E-state index contributed by atoms with van der Waals surface area (Å²) in [6, 6.07) is 0. The molecule has 4 bridgehead atoms. The average molecular weight is 292 g/mol. The fourth-order valence-corrected chi connectivity index (χ4v) is 5.32. The van der Waals surface area contributed by atoms with Crippen molar-refractivity contribution in [1.29, 1.82) is 0 Å². The molecule has 0 spiro atoms. The molecule has 4 aliphatic rings. The minimum absolute atomic E-state index is 0.0539. The molecule has 4 saturated carbocycles. The summed E-state index contributed by atoms with van der Waals surface area (Å²) in [5.41, 5.74) is 0. The number of carbonyl (C=O) groups is 2. The van der Waals surface area contributed by atoms with Crippen LogP contribution < -0.4 is 0 Å². The number of rotatable bonds is 5. The highest BCUT2D eigenvalue weighted by Crippen LogP contribution is 2.57. The number of carbonyl (C=O) groups excluding carboxylic acids is 2. The Morgan fingerprint density at radius 1 is 1.00 bits per heavy atom. The Kier molecular flexibility index (Phi) is 4.11. The monoisotopic (exact) mass is 292 g/mol. The van der Waals surface area contributed by atoms with Crippen LogP contribution in [0.1, 0.15) is 59.3 Å². The molecular weight excluding hydrogens is 264 g/mol. The van der Waals surface area contributed by atoms with E-state index in [9.17, 15) is 9.59 Å². The van der Waals surface area contributed by atoms with Gasteiger partial charge in [0.05, 0.1) is 6.10 Å². The lowest BCUT2D eigenvalue weighted by Gasteiger charge is -2.55. The molecular formula is C18H28O3. The number of ketones is 1. The van der Waals surface area contributed by atoms with Crippen molar-refractivity contribution in [3.63, 3.8) is 0 Å². The van der Waals surface area contributed by atoms with E-state index in [1.165, 1.54) is 39.0 Å². The van der Waals surface area contributed by atoms with Gasteiger partial charge < -0.3 is 4.74 Å². The van der Waals surface area contributed by atoms with Crippen molar-refractivity contribution in [2.45, 2.75) is 65.4 Å². The second-order valence-electron chi connectivity index (χ2n) is 7.91. The third kappa shape index (κ3) is 3.02. The van der Waals surface area contributed by atoms with Gasteiger partial charge in [0, 0.05) is 0 Å². The molecule has 0 aromatic rings. The van der Waals surface area contributed by atoms with Gasteiger partial charge in [0.2, 0.25) is 0 Å². The predicted octanol–water partition coefficient (Wildman–Crippen LogP) is 3.61. The minimum Gasteiger partial charge on any atom is -0.462 e. The third-order valence-electron chi connectivity index (χ3n) is 6.31. The summed E-state index contributed by atoms with van der Waals surface area (Å²) in [6.45, 7) is 5.09. The van der Waals surface area contributed by atoms with Gasteiger partial charge in [-0.2, -0.15) is 0 Å². The summed E-state index contributed by atoms with van der Waals surface area (Å²) >= 11 is 0. The lowest BCUT2D eigenvalue weighted by atomic mass is 9.51. The van der Waals surface area contributed by atoms with E-state index in [4.69, 9.17) is 4.74 Å². The maximum Gasteiger partial charge on any atom is 0.316 e. The molecule has 0 aromatic carbocycles. The van der Waals surface area contributed by atoms with E-state index in [1.807, 2.05) is 6.92 Å². The van der Waals surface area contributed by atoms with Crippen LogP contribution in [-0.2, 0) is 14.3 Å². The van der Waals surface area contributed by atoms with Crippen molar-refractivity contribution >= 4 is 11.8 Å². The molecule has 2 unspecified atom stereocenters. The van der Waals surface area contributed by atoms with E-state index in [0.717, 1.165) is 36.0 Å². The van der Waals surface area contributed by atoms with Gasteiger partial charge >= 0.3 is 5.97 Å². The highest BCUT2D eigenvalue weighted by molar-refractivity contribution is 5.97. The van der Waals surface area contributed by atoms with Crippen LogP contribution in [0.25, 0.3) is 0 Å². The van der Waals surface area contributed by atoms with Gasteiger partial charge in [-0.05, 0) is 88.9 Å². The van der Waals surface area contributed by atoms with Gasteiger partial charge in [-0.1, -0.05) is 0 Å². The van der Waals surface area contributed by atoms with Crippen LogP contribution in [0.4, 0.5) is 0 Å². The largest absolute Gasteiger partial charge is 0.462 e. The van der Waals surface area contributed by atoms with E-state index in [-0.39, 0.29) is 17.9 Å². The molecule has 4 aliphatic carbocycles. The van der Waals surface area contributed by atoms with Gasteiger partial charge in [0.25, 0.3) is 0 Å². The van der Waals surface area contributed by atoms with Crippen LogP contribution in [0.3, 0.4) is 0 Å². The average Bonchev–Trinajstić information content (AvgIpc) is 2.40. The van der Waals surface area contributed by atoms with Gasteiger partial charge in [0.15, 0.2) is 0 Å². The fourth-order valence-electron chi connectivity index (χ4n) is 5.32. The molecule has 0 aromatic heterocycles. The number of hydrogen-bond donors (Lipinski definition) is 0. The first-order valence-corrected chi connectivity index (χ1v) is 8.65. The zero-order valence-corrected chi connectivity index (χ0v) is 13.5. The summed E-state index contributed by atoms with van der Waals surface area (Å²) in [5, 5.41) is 0. The lowest BCUT2D eigenvalue weighted by molar-refractivity contribution is -0.157. The van der Waals surface area contributed by atoms with E-state index < -0.39 is 5.92 Å². The first-order chi connectivity index (χ1) is 9.94. The summed E-state index contributed by atoms with van der Waals surface area (Å²) in [7, 11) is 0. The Morgan fingerprint density at radius 2 is 1.52 bits per heavy atom. The SMILES string of the molecule is CC(=O)C(C)C(=O)OC(C)CC1C2CC3CC(C2)CC1C3. The Hall–Kier alpha value is -0.860. The van der Waals surface area contributed by atoms with Gasteiger partial charge in [-0.15, -0.1) is 0 Å². The van der Waals surface area contributed by atoms with Gasteiger partial charge in [-0.3, -0.25) is 9.59 Å². The molecule has 4 fully saturated rings. The molecule has 3 nitrogen and oxygen atoms in total. The normalized spacial score (nSPS) is 39.9. The van der Waals surface area contributed by atoms with Crippen molar-refractivity contribution in [3.8, 4) is 0 Å². The molecule has 3 heteroatoms. The molecule has 2 atom stereocenters. The summed E-state index contributed by atoms with van der Waals surface area (Å²) in [5.74, 6) is 3.37. The Balaban J connectivity index is 1.54. The second-order valence-corrected chi connectivity index (χ2v) is 7.91. The minimum atomic E-state index is -0.619. The van der Waals surface area contributed by atoms with Crippen LogP contribution in [0.2, 0.25) is 0 Å². The summed E-state index contributed by atoms with van der Waals surface area (Å²) < 4.78 is 5.52. The Bertz CT molecular complexity index is 400. The quantitative estimate of drug-likeness (QED) is 0.574.